The van der Waals surface area contributed by atoms with Crippen LogP contribution in [0.15, 0.2) is 30.3 Å². The molecule has 2 atom stereocenters. The molecule has 0 aromatic heterocycles. The van der Waals surface area contributed by atoms with E-state index in [2.05, 4.69) is 0 Å². The average Bonchev–Trinajstić information content (AvgIpc) is 2.92. The van der Waals surface area contributed by atoms with Crippen LogP contribution in [0.1, 0.15) is 62.4 Å². The van der Waals surface area contributed by atoms with Gasteiger partial charge in [-0.25, -0.2) is 9.59 Å². The first-order valence-electron chi connectivity index (χ1n) is 13.4. The van der Waals surface area contributed by atoms with E-state index in [-0.39, 0.29) is 48.8 Å². The summed E-state index contributed by atoms with van der Waals surface area (Å²) in [7, 11) is 2.74. The first-order valence-corrected chi connectivity index (χ1v) is 13.4. The summed E-state index contributed by atoms with van der Waals surface area (Å²) in [5.41, 5.74) is -2.84. The van der Waals surface area contributed by atoms with Crippen LogP contribution in [0, 0.1) is 5.92 Å². The number of methoxy groups -OCH3 is 2. The van der Waals surface area contributed by atoms with E-state index in [1.807, 2.05) is 0 Å². The van der Waals surface area contributed by atoms with Crippen LogP contribution in [0.5, 0.6) is 11.5 Å². The van der Waals surface area contributed by atoms with Gasteiger partial charge < -0.3 is 18.9 Å². The molecule has 0 aliphatic carbocycles. The Balaban J connectivity index is 2.23. The molecule has 3 rings (SSSR count). The number of amides is 2. The van der Waals surface area contributed by atoms with Crippen molar-refractivity contribution in [1.82, 2.24) is 4.90 Å². The summed E-state index contributed by atoms with van der Waals surface area (Å²) in [4.78, 5) is 28.9. The van der Waals surface area contributed by atoms with Gasteiger partial charge in [-0.15, -0.1) is 0 Å². The topological polar surface area (TPSA) is 77.5 Å². The molecule has 238 valence electrons. The Labute approximate surface area is 245 Å². The molecule has 2 aromatic rings. The number of hydrogen-bond donors (Lipinski definition) is 0. The lowest BCUT2D eigenvalue weighted by atomic mass is 9.90. The maximum atomic E-state index is 13.6. The molecular formula is C29H34F6N2O6. The summed E-state index contributed by atoms with van der Waals surface area (Å²) in [6.07, 6.45) is -11.8. The summed E-state index contributed by atoms with van der Waals surface area (Å²) >= 11 is 0. The fourth-order valence-electron chi connectivity index (χ4n) is 4.85. The first kappa shape index (κ1) is 33.7. The summed E-state index contributed by atoms with van der Waals surface area (Å²) in [5, 5.41) is 0. The van der Waals surface area contributed by atoms with Crippen LogP contribution in [0.4, 0.5) is 41.6 Å². The average molecular weight is 621 g/mol. The molecule has 14 heteroatoms. The molecule has 2 amide bonds. The monoisotopic (exact) mass is 620 g/mol. The number of halogens is 6. The van der Waals surface area contributed by atoms with Gasteiger partial charge >= 0.3 is 24.5 Å². The minimum absolute atomic E-state index is 0.0251. The molecule has 1 heterocycles. The Morgan fingerprint density at radius 1 is 0.930 bits per heavy atom. The SMILES string of the molecule is CCOC(=O)N1c2cc(OC)c(OC)cc2C(N(Cc2cc(C(F)(F)F)cc(C(F)(F)F)c2)C(=O)OCC(C)C)CC1C. The van der Waals surface area contributed by atoms with Crippen LogP contribution in [-0.4, -0.2) is 50.6 Å². The zero-order valence-corrected chi connectivity index (χ0v) is 24.6. The molecular weight excluding hydrogens is 586 g/mol. The molecule has 0 spiro atoms. The van der Waals surface area contributed by atoms with Gasteiger partial charge in [0.1, 0.15) is 0 Å². The molecule has 0 radical (unpaired) electrons. The molecule has 2 unspecified atom stereocenters. The summed E-state index contributed by atoms with van der Waals surface area (Å²) in [5.74, 6) is 0.348. The number of carbonyl (C=O) groups is 2. The van der Waals surface area contributed by atoms with Gasteiger partial charge in [0.05, 0.1) is 50.3 Å². The largest absolute Gasteiger partial charge is 0.493 e. The number of hydrogen-bond acceptors (Lipinski definition) is 6. The van der Waals surface area contributed by atoms with E-state index >= 15 is 0 Å². The molecule has 43 heavy (non-hydrogen) atoms. The number of anilines is 1. The van der Waals surface area contributed by atoms with E-state index in [0.717, 1.165) is 4.90 Å². The predicted molar refractivity (Wildman–Crippen MR) is 144 cm³/mol. The van der Waals surface area contributed by atoms with E-state index in [1.165, 1.54) is 31.3 Å². The van der Waals surface area contributed by atoms with Crippen LogP contribution < -0.4 is 14.4 Å². The minimum atomic E-state index is -5.07. The van der Waals surface area contributed by atoms with Crippen molar-refractivity contribution in [2.24, 2.45) is 5.92 Å². The molecule has 1 aliphatic heterocycles. The third-order valence-corrected chi connectivity index (χ3v) is 6.77. The zero-order chi connectivity index (χ0) is 32.3. The van der Waals surface area contributed by atoms with Crippen LogP contribution in [0.3, 0.4) is 0 Å². The molecule has 1 aliphatic rings. The third kappa shape index (κ3) is 7.77. The van der Waals surface area contributed by atoms with Crippen molar-refractivity contribution in [3.8, 4) is 11.5 Å². The van der Waals surface area contributed by atoms with Gasteiger partial charge in [0.2, 0.25) is 0 Å². The number of rotatable bonds is 8. The van der Waals surface area contributed by atoms with Gasteiger partial charge in [0.15, 0.2) is 11.5 Å². The zero-order valence-electron chi connectivity index (χ0n) is 24.6. The van der Waals surface area contributed by atoms with Crippen LogP contribution in [0.2, 0.25) is 0 Å². The standard InChI is InChI=1S/C29H34F6N2O6/c1-7-42-27(39)37-17(4)8-22(21-12-24(40-5)25(41-6)13-23(21)37)36(26(38)43-15-16(2)3)14-18-9-19(28(30,31)32)11-20(10-18)29(33,34)35/h9-13,16-17,22H,7-8,14-15H2,1-6H3. The Hall–Kier alpha value is -3.84. The Kier molecular flexibility index (Phi) is 10.3. The summed E-state index contributed by atoms with van der Waals surface area (Å²) in [6.45, 7) is 6.20. The fourth-order valence-corrected chi connectivity index (χ4v) is 4.85. The molecule has 0 N–H and O–H groups in total. The van der Waals surface area contributed by atoms with Crippen molar-refractivity contribution in [3.63, 3.8) is 0 Å². The predicted octanol–water partition coefficient (Wildman–Crippen LogP) is 7.83. The van der Waals surface area contributed by atoms with E-state index in [4.69, 9.17) is 18.9 Å². The van der Waals surface area contributed by atoms with Crippen LogP contribution in [0.25, 0.3) is 0 Å². The number of ether oxygens (including phenoxy) is 4. The molecule has 0 bridgehead atoms. The lowest BCUT2D eigenvalue weighted by Gasteiger charge is -2.43. The molecule has 2 aromatic carbocycles. The Morgan fingerprint density at radius 2 is 1.49 bits per heavy atom. The second-order valence-corrected chi connectivity index (χ2v) is 10.4. The number of fused-ring (bicyclic) bond motifs is 1. The maximum Gasteiger partial charge on any atom is 0.416 e. The highest BCUT2D eigenvalue weighted by molar-refractivity contribution is 5.91. The Morgan fingerprint density at radius 3 is 1.98 bits per heavy atom. The molecule has 0 saturated carbocycles. The molecule has 8 nitrogen and oxygen atoms in total. The number of benzene rings is 2. The van der Waals surface area contributed by atoms with Crippen LogP contribution in [-0.2, 0) is 28.4 Å². The summed E-state index contributed by atoms with van der Waals surface area (Å²) in [6, 6.07) is 2.60. The quantitative estimate of drug-likeness (QED) is 0.280. The number of nitrogens with zero attached hydrogens (tertiary/aromatic N) is 2. The second kappa shape index (κ2) is 13.2. The van der Waals surface area contributed by atoms with E-state index in [9.17, 15) is 35.9 Å². The van der Waals surface area contributed by atoms with Crippen molar-refractivity contribution in [2.45, 2.75) is 65.1 Å². The van der Waals surface area contributed by atoms with Crippen molar-refractivity contribution >= 4 is 17.9 Å². The van der Waals surface area contributed by atoms with Gasteiger partial charge in [-0.3, -0.25) is 9.80 Å². The van der Waals surface area contributed by atoms with Gasteiger partial charge in [-0.05, 0) is 56.0 Å². The Bertz CT molecular complexity index is 1280. The first-order chi connectivity index (χ1) is 20.0. The lowest BCUT2D eigenvalue weighted by molar-refractivity contribution is -0.143. The van der Waals surface area contributed by atoms with Gasteiger partial charge in [-0.1, -0.05) is 13.8 Å². The highest BCUT2D eigenvalue weighted by Crippen LogP contribution is 2.47. The van der Waals surface area contributed by atoms with Crippen molar-refractivity contribution < 1.29 is 54.9 Å². The van der Waals surface area contributed by atoms with Crippen molar-refractivity contribution in [1.29, 1.82) is 0 Å². The second-order valence-electron chi connectivity index (χ2n) is 10.4. The van der Waals surface area contributed by atoms with Crippen molar-refractivity contribution in [3.05, 3.63) is 52.6 Å². The van der Waals surface area contributed by atoms with Crippen molar-refractivity contribution in [2.75, 3.05) is 32.3 Å². The minimum Gasteiger partial charge on any atom is -0.493 e. The third-order valence-electron chi connectivity index (χ3n) is 6.77. The fraction of sp³-hybridized carbons (Fsp3) is 0.517. The summed E-state index contributed by atoms with van der Waals surface area (Å²) < 4.78 is 103. The normalized spacial score (nSPS) is 16.9. The number of alkyl halides is 6. The number of carbonyl (C=O) groups excluding carboxylic acids is 2. The molecule has 0 saturated heterocycles. The van der Waals surface area contributed by atoms with Gasteiger partial charge in [0.25, 0.3) is 0 Å². The van der Waals surface area contributed by atoms with Gasteiger partial charge in [-0.2, -0.15) is 26.3 Å². The smallest absolute Gasteiger partial charge is 0.416 e. The highest BCUT2D eigenvalue weighted by atomic mass is 19.4. The maximum absolute atomic E-state index is 13.6. The van der Waals surface area contributed by atoms with E-state index in [1.54, 1.807) is 27.7 Å². The van der Waals surface area contributed by atoms with Gasteiger partial charge in [0, 0.05) is 24.2 Å². The highest BCUT2D eigenvalue weighted by Gasteiger charge is 2.42. The molecule has 0 fully saturated rings. The lowest BCUT2D eigenvalue weighted by Crippen LogP contribution is -2.48. The van der Waals surface area contributed by atoms with E-state index in [0.29, 0.717) is 17.7 Å². The van der Waals surface area contributed by atoms with Crippen LogP contribution >= 0.6 is 0 Å². The van der Waals surface area contributed by atoms with E-state index < -0.39 is 59.9 Å².